The van der Waals surface area contributed by atoms with E-state index in [0.29, 0.717) is 0 Å². The van der Waals surface area contributed by atoms with Gasteiger partial charge in [-0.2, -0.15) is 0 Å². The molecule has 0 aliphatic heterocycles. The van der Waals surface area contributed by atoms with Gasteiger partial charge in [0.15, 0.2) is 0 Å². The summed E-state index contributed by atoms with van der Waals surface area (Å²) in [4.78, 5) is 4.59. The van der Waals surface area contributed by atoms with Crippen molar-refractivity contribution in [2.75, 3.05) is 14.2 Å². The number of methoxy groups -OCH3 is 1. The van der Waals surface area contributed by atoms with E-state index in [1.165, 1.54) is 7.11 Å². The average Bonchev–Trinajstić information content (AvgIpc) is 2.15. The van der Waals surface area contributed by atoms with Crippen LogP contribution in [0.25, 0.3) is 0 Å². The van der Waals surface area contributed by atoms with Crippen LogP contribution in [-0.4, -0.2) is 26.5 Å². The van der Waals surface area contributed by atoms with Crippen LogP contribution in [0.15, 0.2) is 29.5 Å². The van der Waals surface area contributed by atoms with E-state index in [1.807, 2.05) is 24.3 Å². The van der Waals surface area contributed by atoms with Gasteiger partial charge in [-0.25, -0.2) is 0 Å². The van der Waals surface area contributed by atoms with Crippen LogP contribution < -0.4 is 0 Å². The third-order valence-electron chi connectivity index (χ3n) is 1.74. The van der Waals surface area contributed by atoms with E-state index >= 15 is 0 Å². The molecule has 0 saturated carbocycles. The molecule has 2 unspecified atom stereocenters. The molecular weight excluding hydrogens is 154 g/mol. The maximum absolute atomic E-state index is 5.22. The van der Waals surface area contributed by atoms with Crippen LogP contribution in [0.2, 0.25) is 0 Å². The highest BCUT2D eigenvalue weighted by atomic mass is 16.6. The van der Waals surface area contributed by atoms with E-state index < -0.39 is 0 Å². The van der Waals surface area contributed by atoms with Crippen molar-refractivity contribution >= 4 is 6.21 Å². The summed E-state index contributed by atoms with van der Waals surface area (Å²) in [5.41, 5.74) is 0. The Morgan fingerprint density at radius 1 is 1.25 bits per heavy atom. The second kappa shape index (κ2) is 4.72. The smallest absolute Gasteiger partial charge is 0.106 e. The maximum Gasteiger partial charge on any atom is 0.106 e. The van der Waals surface area contributed by atoms with Crippen molar-refractivity contribution in [3.8, 4) is 0 Å². The number of oxime groups is 1. The summed E-state index contributed by atoms with van der Waals surface area (Å²) in [5, 5.41) is 3.70. The molecule has 0 radical (unpaired) electrons. The Labute approximate surface area is 72.4 Å². The molecule has 3 heteroatoms. The number of hydrogen-bond donors (Lipinski definition) is 0. The standard InChI is InChI=1S/C9H13NO2/c1-11-9-6-4-3-5-8(9)7-10-12-2/h3-9H,1-2H3/b10-7+. The SMILES string of the molecule is CO/N=C/C1C=CC=CC1OC. The quantitative estimate of drug-likeness (QED) is 0.469. The minimum atomic E-state index is 0.0777. The van der Waals surface area contributed by atoms with E-state index in [1.54, 1.807) is 13.3 Å². The fourth-order valence-corrected chi connectivity index (χ4v) is 1.11. The third kappa shape index (κ3) is 2.20. The molecule has 0 bridgehead atoms. The summed E-state index contributed by atoms with van der Waals surface area (Å²) in [5.74, 6) is 0.181. The van der Waals surface area contributed by atoms with Crippen molar-refractivity contribution in [3.05, 3.63) is 24.3 Å². The first-order valence-corrected chi connectivity index (χ1v) is 3.83. The van der Waals surface area contributed by atoms with Crippen LogP contribution in [0.4, 0.5) is 0 Å². The highest BCUT2D eigenvalue weighted by Crippen LogP contribution is 2.13. The fourth-order valence-electron chi connectivity index (χ4n) is 1.11. The van der Waals surface area contributed by atoms with Crippen molar-refractivity contribution in [1.29, 1.82) is 0 Å². The first kappa shape index (κ1) is 9.00. The molecule has 0 aromatic heterocycles. The van der Waals surface area contributed by atoms with E-state index in [2.05, 4.69) is 9.99 Å². The zero-order chi connectivity index (χ0) is 8.81. The summed E-state index contributed by atoms with van der Waals surface area (Å²) in [6.07, 6.45) is 9.76. The Morgan fingerprint density at radius 2 is 2.00 bits per heavy atom. The van der Waals surface area contributed by atoms with Gasteiger partial charge in [-0.3, -0.25) is 0 Å². The van der Waals surface area contributed by atoms with E-state index in [0.717, 1.165) is 0 Å². The van der Waals surface area contributed by atoms with Crippen molar-refractivity contribution in [3.63, 3.8) is 0 Å². The van der Waals surface area contributed by atoms with Gasteiger partial charge in [-0.1, -0.05) is 29.5 Å². The lowest BCUT2D eigenvalue weighted by molar-refractivity contribution is 0.124. The molecule has 3 nitrogen and oxygen atoms in total. The van der Waals surface area contributed by atoms with Crippen molar-refractivity contribution in [2.24, 2.45) is 11.1 Å². The van der Waals surface area contributed by atoms with Gasteiger partial charge in [-0.05, 0) is 0 Å². The molecule has 0 amide bonds. The Bertz CT molecular complexity index is 209. The van der Waals surface area contributed by atoms with Crippen LogP contribution in [0.1, 0.15) is 0 Å². The van der Waals surface area contributed by atoms with Crippen molar-refractivity contribution in [2.45, 2.75) is 6.10 Å². The highest BCUT2D eigenvalue weighted by molar-refractivity contribution is 5.64. The molecule has 0 aromatic rings. The van der Waals surface area contributed by atoms with Gasteiger partial charge in [0.25, 0.3) is 0 Å². The molecule has 2 atom stereocenters. The molecular formula is C9H13NO2. The van der Waals surface area contributed by atoms with E-state index in [4.69, 9.17) is 4.74 Å². The van der Waals surface area contributed by atoms with Gasteiger partial charge < -0.3 is 9.57 Å². The molecule has 0 N–H and O–H groups in total. The topological polar surface area (TPSA) is 30.8 Å². The molecule has 1 aliphatic rings. The van der Waals surface area contributed by atoms with Gasteiger partial charge in [0.1, 0.15) is 7.11 Å². The predicted molar refractivity (Wildman–Crippen MR) is 48.1 cm³/mol. The molecule has 66 valence electrons. The molecule has 12 heavy (non-hydrogen) atoms. The van der Waals surface area contributed by atoms with Crippen molar-refractivity contribution in [1.82, 2.24) is 0 Å². The molecule has 0 fully saturated rings. The van der Waals surface area contributed by atoms with Gasteiger partial charge >= 0.3 is 0 Å². The first-order chi connectivity index (χ1) is 5.88. The van der Waals surface area contributed by atoms with Crippen LogP contribution in [0.5, 0.6) is 0 Å². The molecule has 0 aromatic carbocycles. The largest absolute Gasteiger partial charge is 0.399 e. The number of rotatable bonds is 3. The van der Waals surface area contributed by atoms with Gasteiger partial charge in [0.2, 0.25) is 0 Å². The van der Waals surface area contributed by atoms with Gasteiger partial charge in [0.05, 0.1) is 12.3 Å². The highest BCUT2D eigenvalue weighted by Gasteiger charge is 2.15. The predicted octanol–water partition coefficient (Wildman–Crippen LogP) is 1.38. The number of hydrogen-bond acceptors (Lipinski definition) is 3. The second-order valence-corrected chi connectivity index (χ2v) is 2.48. The van der Waals surface area contributed by atoms with Gasteiger partial charge in [0, 0.05) is 13.0 Å². The Kier molecular flexibility index (Phi) is 3.54. The number of allylic oxidation sites excluding steroid dienone is 2. The Hall–Kier alpha value is -1.09. The van der Waals surface area contributed by atoms with E-state index in [-0.39, 0.29) is 12.0 Å². The molecule has 0 heterocycles. The van der Waals surface area contributed by atoms with Crippen LogP contribution in [0.3, 0.4) is 0 Å². The minimum Gasteiger partial charge on any atom is -0.399 e. The lowest BCUT2D eigenvalue weighted by atomic mass is 9.99. The zero-order valence-corrected chi connectivity index (χ0v) is 7.31. The zero-order valence-electron chi connectivity index (χ0n) is 7.31. The number of ether oxygens (including phenoxy) is 1. The first-order valence-electron chi connectivity index (χ1n) is 3.83. The van der Waals surface area contributed by atoms with Crippen molar-refractivity contribution < 1.29 is 9.57 Å². The fraction of sp³-hybridized carbons (Fsp3) is 0.444. The normalized spacial score (nSPS) is 28.2. The Morgan fingerprint density at radius 3 is 2.67 bits per heavy atom. The third-order valence-corrected chi connectivity index (χ3v) is 1.74. The average molecular weight is 167 g/mol. The monoisotopic (exact) mass is 167 g/mol. The molecule has 0 spiro atoms. The summed E-state index contributed by atoms with van der Waals surface area (Å²) in [6.45, 7) is 0. The van der Waals surface area contributed by atoms with Gasteiger partial charge in [-0.15, -0.1) is 0 Å². The van der Waals surface area contributed by atoms with Crippen LogP contribution >= 0.6 is 0 Å². The summed E-state index contributed by atoms with van der Waals surface area (Å²) >= 11 is 0. The minimum absolute atomic E-state index is 0.0777. The molecule has 1 aliphatic carbocycles. The summed E-state index contributed by atoms with van der Waals surface area (Å²) < 4.78 is 5.22. The lowest BCUT2D eigenvalue weighted by Crippen LogP contribution is -2.21. The Balaban J connectivity index is 2.56. The maximum atomic E-state index is 5.22. The van der Waals surface area contributed by atoms with E-state index in [9.17, 15) is 0 Å². The molecule has 1 rings (SSSR count). The van der Waals surface area contributed by atoms with Crippen LogP contribution in [0, 0.1) is 5.92 Å². The summed E-state index contributed by atoms with van der Waals surface area (Å²) in [6, 6.07) is 0. The second-order valence-electron chi connectivity index (χ2n) is 2.48. The lowest BCUT2D eigenvalue weighted by Gasteiger charge is -2.18. The number of nitrogens with zero attached hydrogens (tertiary/aromatic N) is 1. The summed E-state index contributed by atoms with van der Waals surface area (Å²) in [7, 11) is 3.21. The van der Waals surface area contributed by atoms with Crippen LogP contribution in [-0.2, 0) is 9.57 Å². The molecule has 0 saturated heterocycles.